The Morgan fingerprint density at radius 3 is 2.76 bits per heavy atom. The third-order valence-corrected chi connectivity index (χ3v) is 7.11. The topological polar surface area (TPSA) is 66.8 Å². The molecular formula is C25H27F2NO5. The second-order valence-electron chi connectivity index (χ2n) is 9.17. The fourth-order valence-electron chi connectivity index (χ4n) is 5.18. The van der Waals surface area contributed by atoms with Crippen LogP contribution in [-0.4, -0.2) is 37.0 Å². The molecule has 176 valence electrons. The highest BCUT2D eigenvalue weighted by Gasteiger charge is 2.44. The zero-order chi connectivity index (χ0) is 23.2. The number of hydrogen-bond donors (Lipinski definition) is 0. The van der Waals surface area contributed by atoms with Crippen LogP contribution in [0.1, 0.15) is 60.5 Å². The summed E-state index contributed by atoms with van der Waals surface area (Å²) in [6, 6.07) is 4.55. The van der Waals surface area contributed by atoms with E-state index >= 15 is 0 Å². The minimum Gasteiger partial charge on any atom is -0.493 e. The van der Waals surface area contributed by atoms with Crippen LogP contribution in [0.5, 0.6) is 5.75 Å². The largest absolute Gasteiger partial charge is 0.493 e. The first-order valence-electron chi connectivity index (χ1n) is 11.5. The lowest BCUT2D eigenvalue weighted by Gasteiger charge is -2.49. The number of nitrogens with zero attached hydrogens (tertiary/aromatic N) is 1. The highest BCUT2D eigenvalue weighted by molar-refractivity contribution is 5.89. The van der Waals surface area contributed by atoms with E-state index < -0.39 is 17.8 Å². The van der Waals surface area contributed by atoms with Gasteiger partial charge in [0.2, 0.25) is 0 Å². The highest BCUT2D eigenvalue weighted by Crippen LogP contribution is 2.50. The van der Waals surface area contributed by atoms with E-state index in [4.69, 9.17) is 14.2 Å². The van der Waals surface area contributed by atoms with Crippen molar-refractivity contribution in [2.75, 3.05) is 26.4 Å². The molecule has 1 spiro atoms. The summed E-state index contributed by atoms with van der Waals surface area (Å²) < 4.78 is 46.2. The van der Waals surface area contributed by atoms with Crippen molar-refractivity contribution in [3.05, 3.63) is 51.3 Å². The first kappa shape index (κ1) is 22.1. The predicted octanol–water partition coefficient (Wildman–Crippen LogP) is 4.48. The molecule has 1 aromatic heterocycles. The van der Waals surface area contributed by atoms with Gasteiger partial charge in [-0.2, -0.15) is 0 Å². The maximum absolute atomic E-state index is 14.0. The van der Waals surface area contributed by atoms with Crippen LogP contribution in [0.4, 0.5) is 8.78 Å². The summed E-state index contributed by atoms with van der Waals surface area (Å²) in [5.41, 5.74) is 1.08. The zero-order valence-electron chi connectivity index (χ0n) is 18.6. The average Bonchev–Trinajstić information content (AvgIpc) is 3.28. The Labute approximate surface area is 190 Å². The fourth-order valence-corrected chi connectivity index (χ4v) is 5.18. The molecule has 2 fully saturated rings. The van der Waals surface area contributed by atoms with Crippen LogP contribution in [0.15, 0.2) is 29.2 Å². The third kappa shape index (κ3) is 3.84. The molecular weight excluding hydrogens is 432 g/mol. The molecule has 2 aliphatic heterocycles. The van der Waals surface area contributed by atoms with Gasteiger partial charge in [0, 0.05) is 35.9 Å². The maximum atomic E-state index is 14.0. The van der Waals surface area contributed by atoms with E-state index in [0.717, 1.165) is 31.2 Å². The van der Waals surface area contributed by atoms with E-state index in [1.54, 1.807) is 19.2 Å². The molecule has 33 heavy (non-hydrogen) atoms. The Balaban J connectivity index is 1.59. The molecule has 0 amide bonds. The first-order chi connectivity index (χ1) is 15.9. The lowest BCUT2D eigenvalue weighted by molar-refractivity contribution is 0.0521. The summed E-state index contributed by atoms with van der Waals surface area (Å²) in [4.78, 5) is 25.1. The number of rotatable bonds is 6. The summed E-state index contributed by atoms with van der Waals surface area (Å²) in [6.07, 6.45) is 3.13. The molecule has 2 aromatic rings. The van der Waals surface area contributed by atoms with Gasteiger partial charge in [0.15, 0.2) is 5.43 Å². The number of carbonyl (C=O) groups excluding carboxylic acids is 1. The molecule has 1 aliphatic carbocycles. The second kappa shape index (κ2) is 8.56. The average molecular weight is 459 g/mol. The minimum atomic E-state index is -2.72. The smallest absolute Gasteiger partial charge is 0.343 e. The molecule has 1 saturated heterocycles. The lowest BCUT2D eigenvalue weighted by Crippen LogP contribution is -2.46. The SMILES string of the molecule is CCOC(=O)c1cn2c(cc1=O)-c1cc(C(F)F)c(OCC3CCOC3)cc1CC21CCC1. The predicted molar refractivity (Wildman–Crippen MR) is 117 cm³/mol. The molecule has 0 N–H and O–H groups in total. The maximum Gasteiger partial charge on any atom is 0.343 e. The summed E-state index contributed by atoms with van der Waals surface area (Å²) in [5, 5.41) is 0. The number of benzene rings is 1. The minimum absolute atomic E-state index is 0.0249. The highest BCUT2D eigenvalue weighted by atomic mass is 19.3. The van der Waals surface area contributed by atoms with E-state index in [1.807, 2.05) is 4.57 Å². The number of pyridine rings is 1. The van der Waals surface area contributed by atoms with Crippen molar-refractivity contribution < 1.29 is 27.8 Å². The van der Waals surface area contributed by atoms with Crippen molar-refractivity contribution in [2.45, 2.75) is 51.0 Å². The molecule has 0 radical (unpaired) electrons. The number of fused-ring (bicyclic) bond motifs is 4. The van der Waals surface area contributed by atoms with Gasteiger partial charge in [-0.25, -0.2) is 13.6 Å². The van der Waals surface area contributed by atoms with Crippen LogP contribution < -0.4 is 10.2 Å². The molecule has 1 saturated carbocycles. The van der Waals surface area contributed by atoms with Crippen molar-refractivity contribution in [3.8, 4) is 17.0 Å². The molecule has 3 heterocycles. The van der Waals surface area contributed by atoms with Crippen molar-refractivity contribution >= 4 is 5.97 Å². The van der Waals surface area contributed by atoms with E-state index in [2.05, 4.69) is 0 Å². The van der Waals surface area contributed by atoms with Gasteiger partial charge in [-0.3, -0.25) is 4.79 Å². The van der Waals surface area contributed by atoms with Crippen molar-refractivity contribution in [2.24, 2.45) is 5.92 Å². The Hall–Kier alpha value is -2.74. The Bertz CT molecular complexity index is 1130. The van der Waals surface area contributed by atoms with E-state index in [9.17, 15) is 18.4 Å². The number of esters is 1. The quantitative estimate of drug-likeness (QED) is 0.596. The molecule has 8 heteroatoms. The van der Waals surface area contributed by atoms with Gasteiger partial charge in [0.25, 0.3) is 6.43 Å². The molecule has 3 aliphatic rings. The van der Waals surface area contributed by atoms with Crippen LogP contribution in [0, 0.1) is 5.92 Å². The first-order valence-corrected chi connectivity index (χ1v) is 11.5. The zero-order valence-corrected chi connectivity index (χ0v) is 18.6. The van der Waals surface area contributed by atoms with Gasteiger partial charge in [-0.15, -0.1) is 0 Å². The summed E-state index contributed by atoms with van der Waals surface area (Å²) in [5.74, 6) is -0.264. The van der Waals surface area contributed by atoms with Crippen LogP contribution >= 0.6 is 0 Å². The van der Waals surface area contributed by atoms with E-state index in [-0.39, 0.29) is 34.9 Å². The van der Waals surface area contributed by atoms with Gasteiger partial charge >= 0.3 is 5.97 Å². The number of ether oxygens (including phenoxy) is 3. The molecule has 1 aromatic carbocycles. The van der Waals surface area contributed by atoms with Crippen LogP contribution in [0.2, 0.25) is 0 Å². The van der Waals surface area contributed by atoms with Crippen LogP contribution in [0.25, 0.3) is 11.3 Å². The van der Waals surface area contributed by atoms with Crippen LogP contribution in [-0.2, 0) is 21.4 Å². The van der Waals surface area contributed by atoms with E-state index in [0.29, 0.717) is 37.5 Å². The Morgan fingerprint density at radius 2 is 2.12 bits per heavy atom. The number of halogens is 2. The van der Waals surface area contributed by atoms with E-state index in [1.165, 1.54) is 12.1 Å². The van der Waals surface area contributed by atoms with Gasteiger partial charge in [-0.1, -0.05) is 0 Å². The van der Waals surface area contributed by atoms with Crippen LogP contribution in [0.3, 0.4) is 0 Å². The number of hydrogen-bond acceptors (Lipinski definition) is 5. The number of alkyl halides is 2. The summed E-state index contributed by atoms with van der Waals surface area (Å²) >= 11 is 0. The van der Waals surface area contributed by atoms with Gasteiger partial charge in [0.1, 0.15) is 11.3 Å². The number of carbonyl (C=O) groups is 1. The van der Waals surface area contributed by atoms with Gasteiger partial charge in [0.05, 0.1) is 31.1 Å². The molecule has 5 rings (SSSR count). The summed E-state index contributed by atoms with van der Waals surface area (Å²) in [6.45, 7) is 3.44. The molecule has 1 atom stereocenters. The standard InChI is InChI=1S/C25H27F2NO5/c1-2-32-24(30)19-12-28-20(10-21(19)29)17-9-18(23(26)27)22(33-14-15-4-7-31-13-15)8-16(17)11-25(28)5-3-6-25/h8-10,12,15,23H,2-7,11,13-14H2,1H3. The Morgan fingerprint density at radius 1 is 1.30 bits per heavy atom. The van der Waals surface area contributed by atoms with Crippen molar-refractivity contribution in [3.63, 3.8) is 0 Å². The normalized spacial score (nSPS) is 20.3. The summed E-state index contributed by atoms with van der Waals surface area (Å²) in [7, 11) is 0. The third-order valence-electron chi connectivity index (χ3n) is 7.11. The second-order valence-corrected chi connectivity index (χ2v) is 9.17. The molecule has 1 unspecified atom stereocenters. The number of aromatic nitrogens is 1. The van der Waals surface area contributed by atoms with Gasteiger partial charge < -0.3 is 18.8 Å². The van der Waals surface area contributed by atoms with Crippen molar-refractivity contribution in [1.82, 2.24) is 4.57 Å². The van der Waals surface area contributed by atoms with Crippen molar-refractivity contribution in [1.29, 1.82) is 0 Å². The molecule has 6 nitrogen and oxygen atoms in total. The molecule has 0 bridgehead atoms. The lowest BCUT2D eigenvalue weighted by atomic mass is 9.69. The fraction of sp³-hybridized carbons (Fsp3) is 0.520. The van der Waals surface area contributed by atoms with Gasteiger partial charge in [-0.05, 0) is 56.7 Å². The monoisotopic (exact) mass is 459 g/mol. The Kier molecular flexibility index (Phi) is 5.72.